The van der Waals surface area contributed by atoms with Crippen molar-refractivity contribution in [2.24, 2.45) is 0 Å². The fourth-order valence-corrected chi connectivity index (χ4v) is 3.33. The van der Waals surface area contributed by atoms with E-state index in [9.17, 15) is 14.7 Å². The topological polar surface area (TPSA) is 95.9 Å². The van der Waals surface area contributed by atoms with E-state index < -0.39 is 5.60 Å². The van der Waals surface area contributed by atoms with Crippen LogP contribution >= 0.6 is 0 Å². The van der Waals surface area contributed by atoms with Crippen LogP contribution in [0.15, 0.2) is 12.4 Å². The van der Waals surface area contributed by atoms with E-state index in [0.29, 0.717) is 38.4 Å². The number of carbonyl (C=O) groups excluding carboxylic acids is 2. The third-order valence-electron chi connectivity index (χ3n) is 4.62. The number of ether oxygens (including phenoxy) is 1. The van der Waals surface area contributed by atoms with Crippen LogP contribution in [0.5, 0.6) is 5.88 Å². The molecular formula is C16H22N4O4. The molecular weight excluding hydrogens is 312 g/mol. The summed E-state index contributed by atoms with van der Waals surface area (Å²) >= 11 is 0. The zero-order chi connectivity index (χ0) is 17.2. The van der Waals surface area contributed by atoms with Crippen LogP contribution in [0.1, 0.15) is 36.2 Å². The van der Waals surface area contributed by atoms with Gasteiger partial charge in [-0.05, 0) is 25.7 Å². The Morgan fingerprint density at radius 1 is 1.17 bits per heavy atom. The molecule has 3 rings (SSSR count). The van der Waals surface area contributed by atoms with Gasteiger partial charge in [-0.1, -0.05) is 0 Å². The van der Waals surface area contributed by atoms with E-state index in [0.717, 1.165) is 12.8 Å². The van der Waals surface area contributed by atoms with Gasteiger partial charge in [0.2, 0.25) is 5.88 Å². The van der Waals surface area contributed by atoms with Crippen LogP contribution in [0.3, 0.4) is 0 Å². The Kier molecular flexibility index (Phi) is 4.66. The van der Waals surface area contributed by atoms with Crippen LogP contribution in [0, 0.1) is 0 Å². The number of rotatable bonds is 3. The summed E-state index contributed by atoms with van der Waals surface area (Å²) in [4.78, 5) is 36.3. The molecule has 1 atom stereocenters. The molecule has 2 amide bonds. The Morgan fingerprint density at radius 3 is 2.58 bits per heavy atom. The first-order valence-electron chi connectivity index (χ1n) is 8.20. The lowest BCUT2D eigenvalue weighted by Crippen LogP contribution is -2.58. The average Bonchev–Trinajstić information content (AvgIpc) is 3.15. The summed E-state index contributed by atoms with van der Waals surface area (Å²) in [5.74, 6) is -0.297. The van der Waals surface area contributed by atoms with Crippen molar-refractivity contribution in [3.8, 4) is 5.88 Å². The molecule has 1 aromatic heterocycles. The van der Waals surface area contributed by atoms with E-state index in [1.165, 1.54) is 24.4 Å². The fraction of sp³-hybridized carbons (Fsp3) is 0.625. The minimum absolute atomic E-state index is 0.00646. The van der Waals surface area contributed by atoms with Crippen LogP contribution in [-0.4, -0.2) is 75.6 Å². The molecule has 2 saturated heterocycles. The maximum Gasteiger partial charge on any atom is 0.272 e. The molecule has 0 spiro atoms. The molecule has 0 bridgehead atoms. The highest BCUT2D eigenvalue weighted by Gasteiger charge is 2.44. The quantitative estimate of drug-likeness (QED) is 0.841. The number of piperidine rings is 1. The van der Waals surface area contributed by atoms with Crippen LogP contribution < -0.4 is 4.74 Å². The van der Waals surface area contributed by atoms with Gasteiger partial charge in [0.05, 0.1) is 13.7 Å². The first kappa shape index (κ1) is 16.6. The van der Waals surface area contributed by atoms with Crippen LogP contribution in [0.2, 0.25) is 0 Å². The average molecular weight is 334 g/mol. The predicted octanol–water partition coefficient (Wildman–Crippen LogP) is 0.0747. The Bertz CT molecular complexity index is 632. The summed E-state index contributed by atoms with van der Waals surface area (Å²) in [6.45, 7) is 1.84. The number of hydrogen-bond donors (Lipinski definition) is 1. The van der Waals surface area contributed by atoms with Crippen LogP contribution in [0.25, 0.3) is 0 Å². The van der Waals surface area contributed by atoms with Crippen molar-refractivity contribution in [1.29, 1.82) is 0 Å². The van der Waals surface area contributed by atoms with Crippen molar-refractivity contribution in [2.45, 2.75) is 31.3 Å². The highest BCUT2D eigenvalue weighted by Crippen LogP contribution is 2.26. The smallest absolute Gasteiger partial charge is 0.272 e. The zero-order valence-corrected chi connectivity index (χ0v) is 13.8. The number of hydrogen-bond acceptors (Lipinski definition) is 6. The second-order valence-corrected chi connectivity index (χ2v) is 6.31. The molecule has 0 saturated carbocycles. The summed E-state index contributed by atoms with van der Waals surface area (Å²) < 4.78 is 5.01. The van der Waals surface area contributed by atoms with E-state index in [2.05, 4.69) is 9.97 Å². The lowest BCUT2D eigenvalue weighted by molar-refractivity contribution is -0.154. The Hall–Kier alpha value is -2.22. The standard InChI is InChI=1S/C16H22N4O4/c1-24-13-9-12(17-11-18-13)14(21)20-8-4-5-16(23,10-20)15(22)19-6-2-3-7-19/h9,11,23H,2-8,10H2,1H3. The number of aromatic nitrogens is 2. The highest BCUT2D eigenvalue weighted by atomic mass is 16.5. The van der Waals surface area contributed by atoms with Gasteiger partial charge in [0.25, 0.3) is 11.8 Å². The van der Waals surface area contributed by atoms with Gasteiger partial charge in [-0.2, -0.15) is 0 Å². The van der Waals surface area contributed by atoms with Gasteiger partial charge in [0.1, 0.15) is 12.0 Å². The van der Waals surface area contributed by atoms with Crippen LogP contribution in [0.4, 0.5) is 0 Å². The second-order valence-electron chi connectivity index (χ2n) is 6.31. The predicted molar refractivity (Wildman–Crippen MR) is 84.5 cm³/mol. The number of β-amino-alcohol motifs (C(OH)–C–C–N with tert-alkyl or cyclic N) is 1. The van der Waals surface area contributed by atoms with E-state index in [1.54, 1.807) is 4.90 Å². The molecule has 1 aromatic rings. The molecule has 2 fully saturated rings. The van der Waals surface area contributed by atoms with Gasteiger partial charge >= 0.3 is 0 Å². The fourth-order valence-electron chi connectivity index (χ4n) is 3.33. The first-order chi connectivity index (χ1) is 11.5. The number of carbonyl (C=O) groups is 2. The molecule has 1 unspecified atom stereocenters. The Morgan fingerprint density at radius 2 is 1.88 bits per heavy atom. The molecule has 8 nitrogen and oxygen atoms in total. The number of likely N-dealkylation sites (tertiary alicyclic amines) is 2. The SMILES string of the molecule is COc1cc(C(=O)N2CCCC(O)(C(=O)N3CCCC3)C2)ncn1. The molecule has 2 aliphatic heterocycles. The van der Waals surface area contributed by atoms with Crippen molar-refractivity contribution in [3.63, 3.8) is 0 Å². The van der Waals surface area contributed by atoms with Gasteiger partial charge in [-0.3, -0.25) is 9.59 Å². The third kappa shape index (κ3) is 3.19. The van der Waals surface area contributed by atoms with Crippen molar-refractivity contribution in [2.75, 3.05) is 33.3 Å². The maximum atomic E-state index is 12.6. The maximum absolute atomic E-state index is 12.6. The summed E-state index contributed by atoms with van der Waals surface area (Å²) in [7, 11) is 1.46. The third-order valence-corrected chi connectivity index (χ3v) is 4.62. The number of nitrogens with zero attached hydrogens (tertiary/aromatic N) is 4. The molecule has 2 aliphatic rings. The molecule has 3 heterocycles. The normalized spacial score (nSPS) is 24.1. The Balaban J connectivity index is 1.74. The number of methoxy groups -OCH3 is 1. The zero-order valence-electron chi connectivity index (χ0n) is 13.8. The summed E-state index contributed by atoms with van der Waals surface area (Å²) in [6.07, 6.45) is 4.14. The van der Waals surface area contributed by atoms with Crippen molar-refractivity contribution in [1.82, 2.24) is 19.8 Å². The first-order valence-corrected chi connectivity index (χ1v) is 8.20. The van der Waals surface area contributed by atoms with Crippen molar-refractivity contribution < 1.29 is 19.4 Å². The summed E-state index contributed by atoms with van der Waals surface area (Å²) in [5.41, 5.74) is -1.31. The summed E-state index contributed by atoms with van der Waals surface area (Å²) in [5, 5.41) is 10.8. The van der Waals surface area contributed by atoms with Gasteiger partial charge in [-0.15, -0.1) is 0 Å². The van der Waals surface area contributed by atoms with E-state index >= 15 is 0 Å². The van der Waals surface area contributed by atoms with Crippen molar-refractivity contribution >= 4 is 11.8 Å². The van der Waals surface area contributed by atoms with E-state index in [1.807, 2.05) is 0 Å². The van der Waals surface area contributed by atoms with Gasteiger partial charge in [-0.25, -0.2) is 9.97 Å². The minimum Gasteiger partial charge on any atom is -0.481 e. The lowest BCUT2D eigenvalue weighted by Gasteiger charge is -2.39. The lowest BCUT2D eigenvalue weighted by atomic mass is 9.91. The summed E-state index contributed by atoms with van der Waals surface area (Å²) in [6, 6.07) is 1.46. The van der Waals surface area contributed by atoms with Gasteiger partial charge in [0, 0.05) is 25.7 Å². The van der Waals surface area contributed by atoms with Crippen molar-refractivity contribution in [3.05, 3.63) is 18.1 Å². The molecule has 24 heavy (non-hydrogen) atoms. The molecule has 130 valence electrons. The number of aliphatic hydroxyl groups is 1. The largest absolute Gasteiger partial charge is 0.481 e. The molecule has 0 radical (unpaired) electrons. The van der Waals surface area contributed by atoms with E-state index in [-0.39, 0.29) is 24.1 Å². The minimum atomic E-state index is -1.50. The van der Waals surface area contributed by atoms with E-state index in [4.69, 9.17) is 4.74 Å². The highest BCUT2D eigenvalue weighted by molar-refractivity contribution is 5.94. The molecule has 8 heteroatoms. The van der Waals surface area contributed by atoms with Gasteiger partial charge in [0.15, 0.2) is 5.60 Å². The second kappa shape index (κ2) is 6.72. The van der Waals surface area contributed by atoms with Crippen LogP contribution in [-0.2, 0) is 4.79 Å². The monoisotopic (exact) mass is 334 g/mol. The molecule has 0 aliphatic carbocycles. The Labute approximate surface area is 140 Å². The van der Waals surface area contributed by atoms with Gasteiger partial charge < -0.3 is 19.6 Å². The molecule has 1 N–H and O–H groups in total. The molecule has 0 aromatic carbocycles. The number of amides is 2.